The zero-order chi connectivity index (χ0) is 20.7. The average Bonchev–Trinajstić information content (AvgIpc) is 3.22. The van der Waals surface area contributed by atoms with Crippen LogP contribution in [0, 0.1) is 6.92 Å². The lowest BCUT2D eigenvalue weighted by Crippen LogP contribution is -2.07. The summed E-state index contributed by atoms with van der Waals surface area (Å²) in [5.74, 6) is -0.511. The first-order chi connectivity index (χ1) is 13.8. The minimum absolute atomic E-state index is 0.0162. The number of aromatic hydroxyl groups is 1. The van der Waals surface area contributed by atoms with E-state index in [0.29, 0.717) is 32.6 Å². The van der Waals surface area contributed by atoms with Crippen LogP contribution in [-0.2, 0) is 9.53 Å². The van der Waals surface area contributed by atoms with Crippen molar-refractivity contribution in [1.29, 1.82) is 0 Å². The Morgan fingerprint density at radius 2 is 1.86 bits per heavy atom. The summed E-state index contributed by atoms with van der Waals surface area (Å²) in [5, 5.41) is 15.0. The molecule has 1 aliphatic rings. The number of nitrogens with zero attached hydrogens (tertiary/aromatic N) is 2. The quantitative estimate of drug-likeness (QED) is 0.412. The largest absolute Gasteiger partial charge is 0.506 e. The summed E-state index contributed by atoms with van der Waals surface area (Å²) in [7, 11) is 0. The molecule has 0 amide bonds. The highest BCUT2D eigenvalue weighted by Crippen LogP contribution is 2.35. The van der Waals surface area contributed by atoms with E-state index in [1.54, 1.807) is 31.2 Å². The molecule has 9 heteroatoms. The second kappa shape index (κ2) is 7.55. The molecule has 1 N–H and O–H groups in total. The summed E-state index contributed by atoms with van der Waals surface area (Å²) in [6.45, 7) is 1.67. The fourth-order valence-corrected chi connectivity index (χ4v) is 3.55. The van der Waals surface area contributed by atoms with Crippen molar-refractivity contribution in [2.45, 2.75) is 6.92 Å². The van der Waals surface area contributed by atoms with Gasteiger partial charge in [-0.1, -0.05) is 58.2 Å². The molecule has 6 nitrogen and oxygen atoms in total. The van der Waals surface area contributed by atoms with Gasteiger partial charge in [0.15, 0.2) is 5.70 Å². The van der Waals surface area contributed by atoms with Gasteiger partial charge in [0.25, 0.3) is 0 Å². The maximum atomic E-state index is 12.4. The fourth-order valence-electron chi connectivity index (χ4n) is 2.82. The first-order valence-electron chi connectivity index (χ1n) is 8.27. The van der Waals surface area contributed by atoms with Gasteiger partial charge in [-0.3, -0.25) is 0 Å². The highest BCUT2D eigenvalue weighted by atomic mass is 35.5. The Morgan fingerprint density at radius 3 is 2.62 bits per heavy atom. The SMILES string of the molecule is Cc1onc(-c2ccccc2Cl)c1C1=N/C(=C\c2cc(Cl)cc(Cl)c2O)C(=O)O1. The van der Waals surface area contributed by atoms with Crippen molar-refractivity contribution in [3.05, 3.63) is 74.1 Å². The topological polar surface area (TPSA) is 84.9 Å². The fraction of sp³-hybridized carbons (Fsp3) is 0.0500. The summed E-state index contributed by atoms with van der Waals surface area (Å²) in [5.41, 5.74) is 1.60. The number of aryl methyl sites for hydroxylation is 1. The normalized spacial score (nSPS) is 15.0. The van der Waals surface area contributed by atoms with E-state index in [4.69, 9.17) is 44.1 Å². The van der Waals surface area contributed by atoms with E-state index in [1.807, 2.05) is 0 Å². The molecule has 1 aliphatic heterocycles. The number of phenolic OH excluding ortho intramolecular Hbond substituents is 1. The van der Waals surface area contributed by atoms with E-state index in [-0.39, 0.29) is 27.9 Å². The molecule has 2 heterocycles. The zero-order valence-electron chi connectivity index (χ0n) is 14.7. The third-order valence-corrected chi connectivity index (χ3v) is 5.01. The Hall–Kier alpha value is -2.80. The molecule has 4 rings (SSSR count). The first kappa shape index (κ1) is 19.5. The van der Waals surface area contributed by atoms with E-state index < -0.39 is 5.97 Å². The van der Waals surface area contributed by atoms with Crippen molar-refractivity contribution in [1.82, 2.24) is 5.16 Å². The number of cyclic esters (lactones) is 1. The number of rotatable bonds is 3. The van der Waals surface area contributed by atoms with E-state index in [1.165, 1.54) is 18.2 Å². The first-order valence-corrected chi connectivity index (χ1v) is 9.40. The Labute approximate surface area is 180 Å². The van der Waals surface area contributed by atoms with E-state index >= 15 is 0 Å². The molecule has 0 bridgehead atoms. The van der Waals surface area contributed by atoms with Crippen LogP contribution in [0.2, 0.25) is 15.1 Å². The van der Waals surface area contributed by atoms with Crippen LogP contribution in [0.15, 0.2) is 51.6 Å². The number of benzene rings is 2. The maximum absolute atomic E-state index is 12.4. The smallest absolute Gasteiger partial charge is 0.363 e. The zero-order valence-corrected chi connectivity index (χ0v) is 17.0. The number of ether oxygens (including phenoxy) is 1. The number of hydrogen-bond donors (Lipinski definition) is 1. The molecule has 0 saturated carbocycles. The molecule has 1 aromatic heterocycles. The van der Waals surface area contributed by atoms with Gasteiger partial charge in [0.05, 0.1) is 10.0 Å². The maximum Gasteiger partial charge on any atom is 0.363 e. The summed E-state index contributed by atoms with van der Waals surface area (Å²) >= 11 is 18.2. The Balaban J connectivity index is 1.81. The van der Waals surface area contributed by atoms with Gasteiger partial charge in [0, 0.05) is 16.1 Å². The van der Waals surface area contributed by atoms with Crippen LogP contribution in [0.25, 0.3) is 17.3 Å². The minimum atomic E-state index is -0.707. The molecule has 2 aromatic carbocycles. The van der Waals surface area contributed by atoms with Crippen molar-refractivity contribution in [3.63, 3.8) is 0 Å². The number of halogens is 3. The molecule has 0 aliphatic carbocycles. The predicted molar refractivity (Wildman–Crippen MR) is 110 cm³/mol. The van der Waals surface area contributed by atoms with Crippen molar-refractivity contribution in [2.75, 3.05) is 0 Å². The second-order valence-corrected chi connectivity index (χ2v) is 7.35. The van der Waals surface area contributed by atoms with Crippen LogP contribution in [-0.4, -0.2) is 22.1 Å². The summed E-state index contributed by atoms with van der Waals surface area (Å²) in [6, 6.07) is 9.91. The highest BCUT2D eigenvalue weighted by molar-refractivity contribution is 6.36. The van der Waals surface area contributed by atoms with Gasteiger partial charge in [-0.2, -0.15) is 0 Å². The van der Waals surface area contributed by atoms with Crippen LogP contribution in [0.4, 0.5) is 0 Å². The number of aliphatic imine (C=N–C) groups is 1. The number of aromatic nitrogens is 1. The minimum Gasteiger partial charge on any atom is -0.506 e. The Kier molecular flexibility index (Phi) is 5.08. The Morgan fingerprint density at radius 1 is 1.10 bits per heavy atom. The third-order valence-electron chi connectivity index (χ3n) is 4.18. The van der Waals surface area contributed by atoms with E-state index in [0.717, 1.165) is 0 Å². The third kappa shape index (κ3) is 3.62. The summed E-state index contributed by atoms with van der Waals surface area (Å²) in [6.07, 6.45) is 1.33. The molecule has 0 saturated heterocycles. The molecule has 146 valence electrons. The average molecular weight is 450 g/mol. The lowest BCUT2D eigenvalue weighted by Gasteiger charge is -2.03. The van der Waals surface area contributed by atoms with Crippen LogP contribution < -0.4 is 0 Å². The van der Waals surface area contributed by atoms with Gasteiger partial charge in [-0.25, -0.2) is 9.79 Å². The second-order valence-electron chi connectivity index (χ2n) is 6.10. The van der Waals surface area contributed by atoms with Gasteiger partial charge < -0.3 is 14.4 Å². The lowest BCUT2D eigenvalue weighted by atomic mass is 10.1. The van der Waals surface area contributed by atoms with Crippen LogP contribution in [0.1, 0.15) is 16.9 Å². The van der Waals surface area contributed by atoms with Crippen LogP contribution in [0.3, 0.4) is 0 Å². The molecule has 0 atom stereocenters. The molecule has 0 radical (unpaired) electrons. The standard InChI is InChI=1S/C20H11Cl3N2O4/c1-9-16(17(25-29-9)12-4-2-3-5-13(12)22)19-24-15(20(27)28-19)7-10-6-11(21)8-14(23)18(10)26/h2-8,26H,1H3/b15-7-. The summed E-state index contributed by atoms with van der Waals surface area (Å²) in [4.78, 5) is 16.6. The molecule has 0 unspecified atom stereocenters. The van der Waals surface area contributed by atoms with Gasteiger partial charge in [0.2, 0.25) is 5.90 Å². The molecule has 0 fully saturated rings. The number of phenols is 1. The number of hydrogen-bond acceptors (Lipinski definition) is 6. The van der Waals surface area contributed by atoms with E-state index in [9.17, 15) is 9.90 Å². The Bertz CT molecular complexity index is 1210. The van der Waals surface area contributed by atoms with Gasteiger partial charge in [-0.05, 0) is 31.2 Å². The number of carbonyl (C=O) groups excluding carboxylic acids is 1. The van der Waals surface area contributed by atoms with Crippen LogP contribution >= 0.6 is 34.8 Å². The number of esters is 1. The van der Waals surface area contributed by atoms with Gasteiger partial charge in [-0.15, -0.1) is 0 Å². The number of carbonyl (C=O) groups is 1. The predicted octanol–water partition coefficient (Wildman–Crippen LogP) is 5.66. The molecule has 29 heavy (non-hydrogen) atoms. The van der Waals surface area contributed by atoms with Crippen molar-refractivity contribution in [2.24, 2.45) is 4.99 Å². The van der Waals surface area contributed by atoms with Gasteiger partial charge in [0.1, 0.15) is 22.8 Å². The molecular formula is C20H11Cl3N2O4. The summed E-state index contributed by atoms with van der Waals surface area (Å²) < 4.78 is 10.6. The van der Waals surface area contributed by atoms with Crippen molar-refractivity contribution < 1.29 is 19.2 Å². The molecule has 0 spiro atoms. The highest BCUT2D eigenvalue weighted by Gasteiger charge is 2.31. The van der Waals surface area contributed by atoms with E-state index in [2.05, 4.69) is 10.1 Å². The monoisotopic (exact) mass is 448 g/mol. The van der Waals surface area contributed by atoms with Crippen LogP contribution in [0.5, 0.6) is 5.75 Å². The molecule has 3 aromatic rings. The van der Waals surface area contributed by atoms with Crippen molar-refractivity contribution >= 4 is 52.7 Å². The molecular weight excluding hydrogens is 439 g/mol. The van der Waals surface area contributed by atoms with Gasteiger partial charge >= 0.3 is 5.97 Å². The lowest BCUT2D eigenvalue weighted by molar-refractivity contribution is -0.129. The van der Waals surface area contributed by atoms with Crippen molar-refractivity contribution in [3.8, 4) is 17.0 Å².